The Morgan fingerprint density at radius 1 is 1.14 bits per heavy atom. The number of ether oxygens (including phenoxy) is 1. The monoisotopic (exact) mass is 199 g/mol. The maximum atomic E-state index is 10.9. The van der Waals surface area contributed by atoms with Crippen LogP contribution in [0.25, 0.3) is 0 Å². The number of carbonyl (C=O) groups is 1. The van der Waals surface area contributed by atoms with Crippen LogP contribution < -0.4 is 0 Å². The van der Waals surface area contributed by atoms with Crippen molar-refractivity contribution >= 4 is 5.97 Å². The van der Waals surface area contributed by atoms with Crippen LogP contribution in [0.4, 0.5) is 0 Å². The molecule has 0 aromatic heterocycles. The van der Waals surface area contributed by atoms with Crippen molar-refractivity contribution in [3.8, 4) is 0 Å². The van der Waals surface area contributed by atoms with Crippen molar-refractivity contribution < 1.29 is 9.53 Å². The van der Waals surface area contributed by atoms with Crippen LogP contribution in [-0.2, 0) is 9.53 Å². The molecular weight excluding hydrogens is 176 g/mol. The summed E-state index contributed by atoms with van der Waals surface area (Å²) in [6, 6.07) is 0. The summed E-state index contributed by atoms with van der Waals surface area (Å²) in [4.78, 5) is 10.9. The van der Waals surface area contributed by atoms with E-state index in [1.54, 1.807) is 0 Å². The van der Waals surface area contributed by atoms with Gasteiger partial charge in [-0.05, 0) is 12.8 Å². The van der Waals surface area contributed by atoms with Crippen LogP contribution >= 0.6 is 0 Å². The minimum atomic E-state index is -0.103. The Kier molecular flexibility index (Phi) is 10.2. The van der Waals surface area contributed by atoms with E-state index in [4.69, 9.17) is 4.74 Å². The lowest BCUT2D eigenvalue weighted by molar-refractivity contribution is -0.143. The molecule has 0 rings (SSSR count). The van der Waals surface area contributed by atoms with Crippen LogP contribution in [-0.4, -0.2) is 12.6 Å². The molecule has 0 spiro atoms. The molecule has 0 aliphatic rings. The molecule has 2 nitrogen and oxygen atoms in total. The summed E-state index contributed by atoms with van der Waals surface area (Å²) < 4.78 is 5.01. The second-order valence-corrected chi connectivity index (χ2v) is 3.59. The lowest BCUT2D eigenvalue weighted by Crippen LogP contribution is -2.04. The van der Waals surface area contributed by atoms with Gasteiger partial charge >= 0.3 is 5.97 Å². The lowest BCUT2D eigenvalue weighted by atomic mass is 10.1. The Balaban J connectivity index is 3.01. The van der Waals surface area contributed by atoms with Crippen molar-refractivity contribution in [3.05, 3.63) is 6.92 Å². The number of hydrogen-bond acceptors (Lipinski definition) is 2. The van der Waals surface area contributed by atoms with Crippen molar-refractivity contribution in [3.63, 3.8) is 0 Å². The normalized spacial score (nSPS) is 10.1. The molecule has 1 radical (unpaired) electrons. The zero-order chi connectivity index (χ0) is 10.6. The van der Waals surface area contributed by atoms with Crippen LogP contribution in [0, 0.1) is 6.92 Å². The number of esters is 1. The van der Waals surface area contributed by atoms with E-state index in [9.17, 15) is 4.79 Å². The van der Waals surface area contributed by atoms with Gasteiger partial charge in [-0.2, -0.15) is 0 Å². The van der Waals surface area contributed by atoms with Crippen molar-refractivity contribution in [1.82, 2.24) is 0 Å². The molecule has 0 unspecified atom stereocenters. The Morgan fingerprint density at radius 2 is 1.79 bits per heavy atom. The molecule has 0 saturated carbocycles. The van der Waals surface area contributed by atoms with E-state index >= 15 is 0 Å². The third-order valence-corrected chi connectivity index (χ3v) is 2.14. The van der Waals surface area contributed by atoms with E-state index in [1.165, 1.54) is 32.1 Å². The molecule has 0 N–H and O–H groups in total. The highest BCUT2D eigenvalue weighted by Gasteiger charge is 1.99. The molecule has 0 heterocycles. The number of unbranched alkanes of at least 4 members (excludes halogenated alkanes) is 5. The van der Waals surface area contributed by atoms with E-state index in [0.717, 1.165) is 6.42 Å². The number of rotatable bonds is 9. The van der Waals surface area contributed by atoms with E-state index in [2.05, 4.69) is 13.8 Å². The van der Waals surface area contributed by atoms with Gasteiger partial charge in [-0.1, -0.05) is 46.0 Å². The Hall–Kier alpha value is -0.530. The van der Waals surface area contributed by atoms with Crippen molar-refractivity contribution in [1.29, 1.82) is 0 Å². The zero-order valence-electron chi connectivity index (χ0n) is 9.39. The minimum absolute atomic E-state index is 0.103. The van der Waals surface area contributed by atoms with Crippen LogP contribution in [0.15, 0.2) is 0 Å². The van der Waals surface area contributed by atoms with Gasteiger partial charge in [-0.3, -0.25) is 4.79 Å². The van der Waals surface area contributed by atoms with Gasteiger partial charge in [0.1, 0.15) is 0 Å². The summed E-state index contributed by atoms with van der Waals surface area (Å²) in [5.74, 6) is -0.103. The fourth-order valence-electron chi connectivity index (χ4n) is 1.28. The summed E-state index contributed by atoms with van der Waals surface area (Å²) in [6.07, 6.45) is 8.44. The molecule has 0 aliphatic heterocycles. The predicted molar refractivity (Wildman–Crippen MR) is 58.9 cm³/mol. The first-order valence-corrected chi connectivity index (χ1v) is 5.76. The zero-order valence-corrected chi connectivity index (χ0v) is 9.39. The van der Waals surface area contributed by atoms with Gasteiger partial charge < -0.3 is 4.74 Å². The fourth-order valence-corrected chi connectivity index (χ4v) is 1.28. The van der Waals surface area contributed by atoms with Gasteiger partial charge in [0.05, 0.1) is 6.61 Å². The highest BCUT2D eigenvalue weighted by Crippen LogP contribution is 2.05. The lowest BCUT2D eigenvalue weighted by Gasteiger charge is -2.03. The van der Waals surface area contributed by atoms with Crippen molar-refractivity contribution in [2.45, 2.75) is 58.3 Å². The predicted octanol–water partition coefficient (Wildman–Crippen LogP) is 3.50. The number of hydrogen-bond donors (Lipinski definition) is 0. The van der Waals surface area contributed by atoms with Crippen LogP contribution in [0.2, 0.25) is 0 Å². The molecule has 0 aromatic carbocycles. The van der Waals surface area contributed by atoms with Gasteiger partial charge in [0.2, 0.25) is 0 Å². The fraction of sp³-hybridized carbons (Fsp3) is 0.833. The molecule has 0 bridgehead atoms. The van der Waals surface area contributed by atoms with Crippen LogP contribution in [0.1, 0.15) is 58.3 Å². The molecule has 0 aliphatic carbocycles. The van der Waals surface area contributed by atoms with E-state index in [-0.39, 0.29) is 5.97 Å². The van der Waals surface area contributed by atoms with Gasteiger partial charge in [-0.25, -0.2) is 0 Å². The van der Waals surface area contributed by atoms with Crippen LogP contribution in [0.5, 0.6) is 0 Å². The topological polar surface area (TPSA) is 26.3 Å². The minimum Gasteiger partial charge on any atom is -0.466 e. The first-order chi connectivity index (χ1) is 6.81. The summed E-state index contributed by atoms with van der Waals surface area (Å²) in [5, 5.41) is 0. The maximum absolute atomic E-state index is 10.9. The average Bonchev–Trinajstić information content (AvgIpc) is 2.17. The molecule has 0 amide bonds. The SMILES string of the molecule is [CH2]CCC(=O)OCCCCCCCC. The molecular formula is C12H23O2. The largest absolute Gasteiger partial charge is 0.466 e. The molecule has 83 valence electrons. The summed E-state index contributed by atoms with van der Waals surface area (Å²) in [5.41, 5.74) is 0. The summed E-state index contributed by atoms with van der Waals surface area (Å²) >= 11 is 0. The first-order valence-electron chi connectivity index (χ1n) is 5.76. The van der Waals surface area contributed by atoms with Crippen LogP contribution in [0.3, 0.4) is 0 Å². The standard InChI is InChI=1S/C12H23O2/c1-3-5-6-7-8-9-11-14-12(13)10-4-2/h2-11H2,1H3. The van der Waals surface area contributed by atoms with Gasteiger partial charge in [0, 0.05) is 6.42 Å². The summed E-state index contributed by atoms with van der Waals surface area (Å²) in [7, 11) is 0. The van der Waals surface area contributed by atoms with Gasteiger partial charge in [-0.15, -0.1) is 0 Å². The molecule has 0 atom stereocenters. The van der Waals surface area contributed by atoms with Gasteiger partial charge in [0.25, 0.3) is 0 Å². The molecule has 14 heavy (non-hydrogen) atoms. The molecule has 0 aromatic rings. The first kappa shape index (κ1) is 13.5. The highest BCUT2D eigenvalue weighted by molar-refractivity contribution is 5.69. The second-order valence-electron chi connectivity index (χ2n) is 3.59. The Morgan fingerprint density at radius 3 is 2.43 bits per heavy atom. The van der Waals surface area contributed by atoms with E-state index in [1.807, 2.05) is 0 Å². The van der Waals surface area contributed by atoms with Gasteiger partial charge in [0.15, 0.2) is 0 Å². The Labute approximate surface area is 88.0 Å². The quantitative estimate of drug-likeness (QED) is 0.419. The molecule has 0 fully saturated rings. The number of carbonyl (C=O) groups excluding carboxylic acids is 1. The van der Waals surface area contributed by atoms with Crippen molar-refractivity contribution in [2.75, 3.05) is 6.61 Å². The highest BCUT2D eigenvalue weighted by atomic mass is 16.5. The van der Waals surface area contributed by atoms with E-state index < -0.39 is 0 Å². The van der Waals surface area contributed by atoms with Crippen molar-refractivity contribution in [2.24, 2.45) is 0 Å². The second kappa shape index (κ2) is 10.6. The third kappa shape index (κ3) is 9.56. The third-order valence-electron chi connectivity index (χ3n) is 2.14. The van der Waals surface area contributed by atoms with E-state index in [0.29, 0.717) is 19.4 Å². The Bertz CT molecular complexity index is 132. The average molecular weight is 199 g/mol. The summed E-state index contributed by atoms with van der Waals surface area (Å²) in [6.45, 7) is 6.40. The molecule has 2 heteroatoms. The maximum Gasteiger partial charge on any atom is 0.305 e. The molecule has 0 saturated heterocycles. The smallest absolute Gasteiger partial charge is 0.305 e.